The maximum atomic E-state index is 13.9. The topological polar surface area (TPSA) is 121 Å². The van der Waals surface area contributed by atoms with Gasteiger partial charge in [-0.1, -0.05) is 66.7 Å². The van der Waals surface area contributed by atoms with E-state index in [0.29, 0.717) is 40.3 Å². The second-order valence-electron chi connectivity index (χ2n) is 11.2. The van der Waals surface area contributed by atoms with Crippen molar-refractivity contribution < 1.29 is 26.8 Å². The molecule has 0 saturated heterocycles. The van der Waals surface area contributed by atoms with E-state index >= 15 is 0 Å². The quantitative estimate of drug-likeness (QED) is 0.112. The second kappa shape index (κ2) is 16.4. The van der Waals surface area contributed by atoms with Gasteiger partial charge in [-0.2, -0.15) is 11.8 Å². The number of thioether (sulfide) groups is 1. The van der Waals surface area contributed by atoms with Gasteiger partial charge in [0, 0.05) is 24.4 Å². The third kappa shape index (κ3) is 9.97. The molecule has 8 nitrogen and oxygen atoms in total. The largest absolute Gasteiger partial charge is 0.348 e. The van der Waals surface area contributed by atoms with Gasteiger partial charge in [0.1, 0.15) is 23.5 Å². The Balaban J connectivity index is 1.47. The lowest BCUT2D eigenvalue weighted by Gasteiger charge is -2.20. The van der Waals surface area contributed by atoms with E-state index in [2.05, 4.69) is 20.0 Å². The molecule has 0 aliphatic heterocycles. The first-order valence-corrected chi connectivity index (χ1v) is 18.4. The van der Waals surface area contributed by atoms with Crippen LogP contribution in [0.1, 0.15) is 39.3 Å². The van der Waals surface area contributed by atoms with E-state index in [4.69, 9.17) is 0 Å². The van der Waals surface area contributed by atoms with Crippen molar-refractivity contribution in [2.45, 2.75) is 24.6 Å². The fraction of sp³-hybridized carbons (Fsp3) is 0.162. The third-order valence-corrected chi connectivity index (χ3v) is 9.47. The lowest BCUT2D eigenvalue weighted by molar-refractivity contribution is -0.121. The normalized spacial score (nSPS) is 12.3. The molecule has 5 aromatic rings. The van der Waals surface area contributed by atoms with Crippen LogP contribution >= 0.6 is 11.8 Å². The Morgan fingerprint density at radius 3 is 2.29 bits per heavy atom. The van der Waals surface area contributed by atoms with Gasteiger partial charge in [0.2, 0.25) is 10.0 Å². The first-order chi connectivity index (χ1) is 23.6. The van der Waals surface area contributed by atoms with Crippen LogP contribution in [0, 0.1) is 11.6 Å². The molecule has 0 saturated carbocycles. The van der Waals surface area contributed by atoms with E-state index in [1.54, 1.807) is 85.2 Å². The number of aromatic amines is 1. The number of halogens is 2. The van der Waals surface area contributed by atoms with Crippen LogP contribution in [-0.2, 0) is 27.0 Å². The van der Waals surface area contributed by atoms with Gasteiger partial charge in [-0.3, -0.25) is 14.3 Å². The highest BCUT2D eigenvalue weighted by Gasteiger charge is 2.26. The van der Waals surface area contributed by atoms with Crippen LogP contribution in [0.3, 0.4) is 0 Å². The highest BCUT2D eigenvalue weighted by Crippen LogP contribution is 2.29. The summed E-state index contributed by atoms with van der Waals surface area (Å²) in [6.07, 6.45) is 7.68. The van der Waals surface area contributed by atoms with Gasteiger partial charge in [0.25, 0.3) is 11.8 Å². The number of hydrogen-bond donors (Lipinski definition) is 3. The molecule has 5 rings (SSSR count). The van der Waals surface area contributed by atoms with Crippen molar-refractivity contribution in [3.63, 3.8) is 0 Å². The summed E-state index contributed by atoms with van der Waals surface area (Å²) in [5.41, 5.74) is 4.01. The third-order valence-electron chi connectivity index (χ3n) is 7.60. The van der Waals surface area contributed by atoms with Gasteiger partial charge in [-0.25, -0.2) is 22.2 Å². The summed E-state index contributed by atoms with van der Waals surface area (Å²) in [5, 5.41) is 2.73. The molecule has 12 heteroatoms. The summed E-state index contributed by atoms with van der Waals surface area (Å²) >= 11 is 1.45. The van der Waals surface area contributed by atoms with Crippen molar-refractivity contribution in [3.8, 4) is 11.1 Å². The second-order valence-corrected chi connectivity index (χ2v) is 13.9. The molecule has 0 spiro atoms. The van der Waals surface area contributed by atoms with Crippen LogP contribution in [-0.4, -0.2) is 48.3 Å². The number of imidazole rings is 1. The van der Waals surface area contributed by atoms with Gasteiger partial charge in [-0.05, 0) is 88.2 Å². The standard InChI is InChI=1S/C37H34F2N4O4S2/c1-48-20-17-34(37(45)43-49(46,47)24-25-5-3-2-4-6-25)42-36(44)32-16-7-26(22-33(32)28-10-14-31(39)15-11-28)21-29(23-35-40-18-19-41-35)27-8-12-30(38)13-9-27/h2-16,18-19,21-22,34H,17,20,23-24H2,1H3,(H,40,41)(H,42,44)(H,43,45)/t34-/m0/s1. The molecule has 1 atom stereocenters. The number of nitrogens with zero attached hydrogens (tertiary/aromatic N) is 1. The van der Waals surface area contributed by atoms with Crippen LogP contribution in [0.4, 0.5) is 8.78 Å². The maximum Gasteiger partial charge on any atom is 0.256 e. The summed E-state index contributed by atoms with van der Waals surface area (Å²) in [6, 6.07) is 24.2. The van der Waals surface area contributed by atoms with E-state index < -0.39 is 39.4 Å². The van der Waals surface area contributed by atoms with Gasteiger partial charge in [-0.15, -0.1) is 0 Å². The van der Waals surface area contributed by atoms with E-state index in [-0.39, 0.29) is 17.8 Å². The van der Waals surface area contributed by atoms with Crippen LogP contribution < -0.4 is 10.0 Å². The predicted molar refractivity (Wildman–Crippen MR) is 190 cm³/mol. The molecule has 4 aromatic carbocycles. The smallest absolute Gasteiger partial charge is 0.256 e. The first-order valence-electron chi connectivity index (χ1n) is 15.3. The van der Waals surface area contributed by atoms with Crippen LogP contribution in [0.25, 0.3) is 22.8 Å². The molecule has 0 aliphatic rings. The van der Waals surface area contributed by atoms with Crippen molar-refractivity contribution in [3.05, 3.63) is 149 Å². The highest BCUT2D eigenvalue weighted by molar-refractivity contribution is 7.98. The van der Waals surface area contributed by atoms with Gasteiger partial charge >= 0.3 is 0 Å². The molecule has 0 fully saturated rings. The Hall–Kier alpha value is -5.07. The van der Waals surface area contributed by atoms with Gasteiger partial charge in [0.15, 0.2) is 0 Å². The van der Waals surface area contributed by atoms with Crippen LogP contribution in [0.5, 0.6) is 0 Å². The fourth-order valence-electron chi connectivity index (χ4n) is 5.19. The number of carbonyl (C=O) groups excluding carboxylic acids is 2. The van der Waals surface area contributed by atoms with Gasteiger partial charge in [0.05, 0.1) is 5.75 Å². The minimum Gasteiger partial charge on any atom is -0.348 e. The molecule has 0 aliphatic carbocycles. The van der Waals surface area contributed by atoms with Crippen molar-refractivity contribution in [1.29, 1.82) is 0 Å². The monoisotopic (exact) mass is 700 g/mol. The number of aromatic nitrogens is 2. The van der Waals surface area contributed by atoms with Crippen molar-refractivity contribution in [2.75, 3.05) is 12.0 Å². The van der Waals surface area contributed by atoms with E-state index in [1.165, 1.54) is 36.0 Å². The Kier molecular flexibility index (Phi) is 11.8. The zero-order valence-corrected chi connectivity index (χ0v) is 28.2. The SMILES string of the molecule is CSCC[C@H](NC(=O)c1ccc(C=C(Cc2ncc[nH]2)c2ccc(F)cc2)cc1-c1ccc(F)cc1)C(=O)NS(=O)(=O)Cc1ccccc1. The molecule has 252 valence electrons. The van der Waals surface area contributed by atoms with E-state index in [9.17, 15) is 26.8 Å². The zero-order chi connectivity index (χ0) is 34.8. The minimum atomic E-state index is -4.05. The molecular weight excluding hydrogens is 667 g/mol. The van der Waals surface area contributed by atoms with Gasteiger partial charge < -0.3 is 10.3 Å². The minimum absolute atomic E-state index is 0.181. The Morgan fingerprint density at radius 2 is 1.63 bits per heavy atom. The molecule has 0 radical (unpaired) electrons. The Morgan fingerprint density at radius 1 is 0.939 bits per heavy atom. The van der Waals surface area contributed by atoms with Crippen LogP contribution in [0.2, 0.25) is 0 Å². The molecule has 49 heavy (non-hydrogen) atoms. The number of carbonyl (C=O) groups is 2. The summed E-state index contributed by atoms with van der Waals surface area (Å²) in [6.45, 7) is 0. The number of hydrogen-bond acceptors (Lipinski definition) is 6. The molecule has 1 heterocycles. The van der Waals surface area contributed by atoms with Crippen LogP contribution in [0.15, 0.2) is 109 Å². The number of nitrogens with one attached hydrogen (secondary N) is 3. The van der Waals surface area contributed by atoms with E-state index in [1.807, 2.05) is 12.3 Å². The fourth-order valence-corrected chi connectivity index (χ4v) is 6.81. The highest BCUT2D eigenvalue weighted by atomic mass is 32.2. The van der Waals surface area contributed by atoms with Crippen molar-refractivity contribution >= 4 is 45.2 Å². The number of H-pyrrole nitrogens is 1. The number of allylic oxidation sites excluding steroid dienone is 1. The van der Waals surface area contributed by atoms with Crippen molar-refractivity contribution in [1.82, 2.24) is 20.0 Å². The lowest BCUT2D eigenvalue weighted by atomic mass is 9.94. The number of amides is 2. The number of benzene rings is 4. The molecule has 3 N–H and O–H groups in total. The molecular formula is C37H34F2N4O4S2. The average Bonchev–Trinajstić information content (AvgIpc) is 3.60. The number of rotatable bonds is 14. The molecule has 1 aromatic heterocycles. The molecule has 0 unspecified atom stereocenters. The average molecular weight is 701 g/mol. The zero-order valence-electron chi connectivity index (χ0n) is 26.5. The molecule has 0 bridgehead atoms. The Labute approximate surface area is 288 Å². The summed E-state index contributed by atoms with van der Waals surface area (Å²) in [7, 11) is -4.05. The van der Waals surface area contributed by atoms with Crippen molar-refractivity contribution in [2.24, 2.45) is 0 Å². The lowest BCUT2D eigenvalue weighted by Crippen LogP contribution is -2.49. The first kappa shape index (κ1) is 35.2. The number of sulfonamides is 1. The summed E-state index contributed by atoms with van der Waals surface area (Å²) in [5.74, 6) is -1.49. The summed E-state index contributed by atoms with van der Waals surface area (Å²) < 4.78 is 55.5. The van der Waals surface area contributed by atoms with E-state index in [0.717, 1.165) is 11.1 Å². The summed E-state index contributed by atoms with van der Waals surface area (Å²) in [4.78, 5) is 34.5. The Bertz CT molecular complexity index is 2020. The maximum absolute atomic E-state index is 13.9. The molecule has 2 amide bonds. The predicted octanol–water partition coefficient (Wildman–Crippen LogP) is 6.64.